The number of rotatable bonds is 3. The van der Waals surface area contributed by atoms with Crippen LogP contribution in [0.3, 0.4) is 0 Å². The fraction of sp³-hybridized carbons (Fsp3) is 0.600. The minimum absolute atomic E-state index is 0.250. The summed E-state index contributed by atoms with van der Waals surface area (Å²) in [7, 11) is 1.98. The largest absolute Gasteiger partial charge is 0.372 e. The van der Waals surface area contributed by atoms with Gasteiger partial charge in [-0.3, -0.25) is 0 Å². The molecular weight excluding hydrogens is 218 g/mol. The Balaban J connectivity index is 2.09. The van der Waals surface area contributed by atoms with Gasteiger partial charge in [-0.2, -0.15) is 0 Å². The molecule has 78 valence electrons. The summed E-state index contributed by atoms with van der Waals surface area (Å²) in [6.07, 6.45) is 1.39. The lowest BCUT2D eigenvalue weighted by molar-refractivity contribution is 0.0938. The molecule has 0 bridgehead atoms. The minimum atomic E-state index is 0.250. The van der Waals surface area contributed by atoms with E-state index in [9.17, 15) is 0 Å². The molecule has 0 spiro atoms. The van der Waals surface area contributed by atoms with Crippen molar-refractivity contribution in [1.82, 2.24) is 5.32 Å². The van der Waals surface area contributed by atoms with Crippen molar-refractivity contribution in [3.63, 3.8) is 0 Å². The summed E-state index contributed by atoms with van der Waals surface area (Å²) in [6, 6.07) is 4.02. The van der Waals surface area contributed by atoms with Crippen molar-refractivity contribution in [2.45, 2.75) is 12.5 Å². The van der Waals surface area contributed by atoms with Gasteiger partial charge < -0.3 is 10.1 Å². The van der Waals surface area contributed by atoms with Crippen LogP contribution in [0.5, 0.6) is 0 Å². The van der Waals surface area contributed by atoms with Gasteiger partial charge in [-0.05, 0) is 25.6 Å². The molecule has 1 fully saturated rings. The van der Waals surface area contributed by atoms with Crippen molar-refractivity contribution in [2.75, 3.05) is 20.2 Å². The molecule has 1 aromatic rings. The average molecular weight is 232 g/mol. The van der Waals surface area contributed by atoms with E-state index in [-0.39, 0.29) is 6.10 Å². The highest BCUT2D eigenvalue weighted by atomic mass is 35.5. The van der Waals surface area contributed by atoms with Gasteiger partial charge in [-0.15, -0.1) is 11.3 Å². The Hall–Kier alpha value is -0.0900. The highest BCUT2D eigenvalue weighted by molar-refractivity contribution is 7.16. The Kier molecular flexibility index (Phi) is 3.44. The van der Waals surface area contributed by atoms with E-state index in [1.54, 1.807) is 11.3 Å². The summed E-state index contributed by atoms with van der Waals surface area (Å²) >= 11 is 7.54. The van der Waals surface area contributed by atoms with Crippen LogP contribution in [-0.4, -0.2) is 20.2 Å². The number of halogens is 1. The Morgan fingerprint density at radius 2 is 2.50 bits per heavy atom. The molecule has 0 radical (unpaired) electrons. The normalized spacial score (nSPS) is 27.0. The standard InChI is InChI=1S/C10H14ClNOS/c1-12-6-7-4-5-13-10(7)8-2-3-9(11)14-8/h2-3,7,10,12H,4-6H2,1H3. The molecule has 0 aliphatic carbocycles. The monoisotopic (exact) mass is 231 g/mol. The van der Waals surface area contributed by atoms with E-state index >= 15 is 0 Å². The molecule has 1 aliphatic heterocycles. The predicted molar refractivity (Wildman–Crippen MR) is 60.1 cm³/mol. The van der Waals surface area contributed by atoms with Gasteiger partial charge in [-0.25, -0.2) is 0 Å². The van der Waals surface area contributed by atoms with Gasteiger partial charge in [0.25, 0.3) is 0 Å². The van der Waals surface area contributed by atoms with Gasteiger partial charge in [0.2, 0.25) is 0 Å². The van der Waals surface area contributed by atoms with Crippen molar-refractivity contribution in [1.29, 1.82) is 0 Å². The van der Waals surface area contributed by atoms with Crippen molar-refractivity contribution in [3.05, 3.63) is 21.3 Å². The molecule has 2 heterocycles. The van der Waals surface area contributed by atoms with Gasteiger partial charge in [0, 0.05) is 23.9 Å². The van der Waals surface area contributed by atoms with E-state index in [1.165, 1.54) is 4.88 Å². The summed E-state index contributed by atoms with van der Waals surface area (Å²) < 4.78 is 6.58. The van der Waals surface area contributed by atoms with Crippen LogP contribution in [0, 0.1) is 5.92 Å². The molecule has 1 saturated heterocycles. The number of hydrogen-bond donors (Lipinski definition) is 1. The van der Waals surface area contributed by atoms with Crippen molar-refractivity contribution < 1.29 is 4.74 Å². The fourth-order valence-electron chi connectivity index (χ4n) is 1.90. The summed E-state index contributed by atoms with van der Waals surface area (Å²) in [5.41, 5.74) is 0. The minimum Gasteiger partial charge on any atom is -0.372 e. The van der Waals surface area contributed by atoms with Gasteiger partial charge in [0.1, 0.15) is 0 Å². The van der Waals surface area contributed by atoms with Crippen LogP contribution >= 0.6 is 22.9 Å². The lowest BCUT2D eigenvalue weighted by Gasteiger charge is -2.16. The maximum Gasteiger partial charge on any atom is 0.0958 e. The Morgan fingerprint density at radius 1 is 1.64 bits per heavy atom. The average Bonchev–Trinajstić information content (AvgIpc) is 2.74. The van der Waals surface area contributed by atoms with Crippen LogP contribution in [0.4, 0.5) is 0 Å². The molecule has 2 rings (SSSR count). The molecule has 2 unspecified atom stereocenters. The third-order valence-corrected chi connectivity index (χ3v) is 3.85. The SMILES string of the molecule is CNCC1CCOC1c1ccc(Cl)s1. The van der Waals surface area contributed by atoms with Crippen LogP contribution in [0.1, 0.15) is 17.4 Å². The molecule has 4 heteroatoms. The molecule has 1 N–H and O–H groups in total. The molecule has 0 aromatic carbocycles. The maximum atomic E-state index is 5.91. The quantitative estimate of drug-likeness (QED) is 0.864. The van der Waals surface area contributed by atoms with Crippen LogP contribution in [0.25, 0.3) is 0 Å². The van der Waals surface area contributed by atoms with E-state index in [2.05, 4.69) is 11.4 Å². The van der Waals surface area contributed by atoms with Crippen molar-refractivity contribution in [2.24, 2.45) is 5.92 Å². The zero-order chi connectivity index (χ0) is 9.97. The van der Waals surface area contributed by atoms with E-state index in [0.29, 0.717) is 5.92 Å². The van der Waals surface area contributed by atoms with Gasteiger partial charge in [-0.1, -0.05) is 11.6 Å². The van der Waals surface area contributed by atoms with Gasteiger partial charge in [0.15, 0.2) is 0 Å². The molecule has 0 saturated carbocycles. The molecule has 0 amide bonds. The van der Waals surface area contributed by atoms with Crippen molar-refractivity contribution in [3.8, 4) is 0 Å². The van der Waals surface area contributed by atoms with Crippen LogP contribution in [0.15, 0.2) is 12.1 Å². The fourth-order valence-corrected chi connectivity index (χ4v) is 3.10. The van der Waals surface area contributed by atoms with E-state index in [0.717, 1.165) is 23.9 Å². The summed E-state index contributed by atoms with van der Waals surface area (Å²) in [4.78, 5) is 1.26. The topological polar surface area (TPSA) is 21.3 Å². The molecule has 2 nitrogen and oxygen atoms in total. The van der Waals surface area contributed by atoms with Crippen LogP contribution in [0.2, 0.25) is 4.34 Å². The maximum absolute atomic E-state index is 5.91. The second-order valence-corrected chi connectivity index (χ2v) is 5.29. The highest BCUT2D eigenvalue weighted by Gasteiger charge is 2.29. The number of nitrogens with one attached hydrogen (secondary N) is 1. The van der Waals surface area contributed by atoms with Crippen LogP contribution in [-0.2, 0) is 4.74 Å². The summed E-state index contributed by atoms with van der Waals surface area (Å²) in [5.74, 6) is 0.592. The van der Waals surface area contributed by atoms with E-state index < -0.39 is 0 Å². The first-order valence-electron chi connectivity index (χ1n) is 4.82. The summed E-state index contributed by atoms with van der Waals surface area (Å²) in [5, 5.41) is 3.21. The molecule has 1 aromatic heterocycles. The molecule has 14 heavy (non-hydrogen) atoms. The number of hydrogen-bond acceptors (Lipinski definition) is 3. The number of ether oxygens (including phenoxy) is 1. The zero-order valence-electron chi connectivity index (χ0n) is 8.13. The van der Waals surface area contributed by atoms with Crippen LogP contribution < -0.4 is 5.32 Å². The van der Waals surface area contributed by atoms with E-state index in [4.69, 9.17) is 16.3 Å². The second kappa shape index (κ2) is 4.62. The highest BCUT2D eigenvalue weighted by Crippen LogP contribution is 2.38. The Bertz CT molecular complexity index is 302. The second-order valence-electron chi connectivity index (χ2n) is 3.54. The first kappa shape index (κ1) is 10.4. The van der Waals surface area contributed by atoms with Crippen molar-refractivity contribution >= 4 is 22.9 Å². The lowest BCUT2D eigenvalue weighted by Crippen LogP contribution is -2.20. The Labute approximate surface area is 93.2 Å². The van der Waals surface area contributed by atoms with Gasteiger partial charge in [0.05, 0.1) is 10.4 Å². The third-order valence-electron chi connectivity index (χ3n) is 2.55. The number of thiophene rings is 1. The first-order valence-corrected chi connectivity index (χ1v) is 6.02. The smallest absolute Gasteiger partial charge is 0.0958 e. The lowest BCUT2D eigenvalue weighted by atomic mass is 10.0. The Morgan fingerprint density at radius 3 is 3.14 bits per heavy atom. The van der Waals surface area contributed by atoms with Gasteiger partial charge >= 0.3 is 0 Å². The zero-order valence-corrected chi connectivity index (χ0v) is 9.70. The first-order chi connectivity index (χ1) is 6.81. The van der Waals surface area contributed by atoms with E-state index in [1.807, 2.05) is 13.1 Å². The third kappa shape index (κ3) is 2.11. The molecule has 1 aliphatic rings. The predicted octanol–water partition coefficient (Wildman–Crippen LogP) is 2.70. The molecular formula is C10H14ClNOS. The summed E-state index contributed by atoms with van der Waals surface area (Å²) in [6.45, 7) is 1.88. The molecule has 2 atom stereocenters.